The van der Waals surface area contributed by atoms with Gasteiger partial charge >= 0.3 is 6.03 Å². The van der Waals surface area contributed by atoms with Crippen LogP contribution in [0.2, 0.25) is 0 Å². The van der Waals surface area contributed by atoms with E-state index in [1.165, 1.54) is 17.5 Å². The van der Waals surface area contributed by atoms with Gasteiger partial charge in [0.1, 0.15) is 5.75 Å². The van der Waals surface area contributed by atoms with Crippen LogP contribution in [-0.2, 0) is 24.1 Å². The first-order valence-corrected chi connectivity index (χ1v) is 14.2. The van der Waals surface area contributed by atoms with Gasteiger partial charge in [0.05, 0.1) is 13.5 Å². The van der Waals surface area contributed by atoms with Crippen LogP contribution < -0.4 is 15.4 Å². The molecule has 1 aliphatic carbocycles. The second kappa shape index (κ2) is 13.1. The van der Waals surface area contributed by atoms with Crippen LogP contribution >= 0.6 is 0 Å². The van der Waals surface area contributed by atoms with Gasteiger partial charge in [-0.1, -0.05) is 25.1 Å². The molecule has 1 atom stereocenters. The van der Waals surface area contributed by atoms with Crippen molar-refractivity contribution in [2.24, 2.45) is 5.92 Å². The van der Waals surface area contributed by atoms with E-state index in [2.05, 4.69) is 34.6 Å². The summed E-state index contributed by atoms with van der Waals surface area (Å²) in [4.78, 5) is 29.6. The number of anilines is 1. The normalized spacial score (nSPS) is 17.8. The number of urea groups is 1. The number of nitrogens with zero attached hydrogens (tertiary/aromatic N) is 2. The Labute approximate surface area is 227 Å². The van der Waals surface area contributed by atoms with E-state index in [1.807, 2.05) is 49.1 Å². The molecule has 0 aromatic heterocycles. The summed E-state index contributed by atoms with van der Waals surface area (Å²) >= 11 is 0. The standard InChI is InChI=1S/C31H44N4O3/c1-5-34(21-24-14-16-35(17-15-24)31(37)32-22(2)3)28-11-9-25-8-10-27(19-26(25)20-28)33-30(36)18-23-6-12-29(38-4)13-7-23/h6-8,10,12-13,19,22,24,28H,5,9,11,14-18,20-21H2,1-4H3,(H,32,37)(H,33,36). The number of carbonyl (C=O) groups is 2. The Morgan fingerprint density at radius 2 is 1.79 bits per heavy atom. The molecular formula is C31H44N4O3. The maximum Gasteiger partial charge on any atom is 0.317 e. The number of likely N-dealkylation sites (N-methyl/N-ethyl adjacent to an activating group) is 1. The molecule has 1 heterocycles. The fourth-order valence-corrected chi connectivity index (χ4v) is 5.79. The number of benzene rings is 2. The molecule has 1 fully saturated rings. The Bertz CT molecular complexity index is 1080. The number of aryl methyl sites for hydroxylation is 1. The molecule has 2 aliphatic rings. The van der Waals surface area contributed by atoms with Gasteiger partial charge in [-0.25, -0.2) is 4.79 Å². The molecule has 206 valence electrons. The molecule has 1 saturated heterocycles. The first kappa shape index (κ1) is 28.0. The number of piperidine rings is 1. The predicted molar refractivity (Wildman–Crippen MR) is 153 cm³/mol. The second-order valence-corrected chi connectivity index (χ2v) is 11.1. The molecule has 7 nitrogen and oxygen atoms in total. The third-order valence-electron chi connectivity index (χ3n) is 7.95. The predicted octanol–water partition coefficient (Wildman–Crippen LogP) is 4.89. The van der Waals surface area contributed by atoms with Gasteiger partial charge in [-0.05, 0) is 99.4 Å². The number of fused-ring (bicyclic) bond motifs is 1. The van der Waals surface area contributed by atoms with Crippen molar-refractivity contribution in [3.05, 3.63) is 59.2 Å². The quantitative estimate of drug-likeness (QED) is 0.494. The SMILES string of the molecule is CCN(CC1CCN(C(=O)NC(C)C)CC1)C1CCc2ccc(NC(=O)Cc3ccc(OC)cc3)cc2C1. The third kappa shape index (κ3) is 7.50. The van der Waals surface area contributed by atoms with Crippen LogP contribution in [0.25, 0.3) is 0 Å². The van der Waals surface area contributed by atoms with Crippen molar-refractivity contribution in [3.63, 3.8) is 0 Å². The number of ether oxygens (including phenoxy) is 1. The van der Waals surface area contributed by atoms with E-state index in [0.717, 1.165) is 68.9 Å². The Balaban J connectivity index is 1.30. The van der Waals surface area contributed by atoms with Gasteiger partial charge in [0.15, 0.2) is 0 Å². The molecule has 4 rings (SSSR count). The molecule has 1 unspecified atom stereocenters. The number of rotatable bonds is 9. The minimum absolute atomic E-state index is 0.00826. The summed E-state index contributed by atoms with van der Waals surface area (Å²) in [5, 5.41) is 6.12. The number of hydrogen-bond donors (Lipinski definition) is 2. The van der Waals surface area contributed by atoms with Crippen LogP contribution in [0.15, 0.2) is 42.5 Å². The zero-order valence-electron chi connectivity index (χ0n) is 23.5. The molecule has 2 N–H and O–H groups in total. The lowest BCUT2D eigenvalue weighted by Crippen LogP contribution is -2.48. The van der Waals surface area contributed by atoms with Crippen molar-refractivity contribution >= 4 is 17.6 Å². The molecule has 1 aliphatic heterocycles. The van der Waals surface area contributed by atoms with Crippen molar-refractivity contribution in [1.82, 2.24) is 15.1 Å². The summed E-state index contributed by atoms with van der Waals surface area (Å²) in [6, 6.07) is 14.8. The molecule has 2 aromatic rings. The smallest absolute Gasteiger partial charge is 0.317 e. The highest BCUT2D eigenvalue weighted by atomic mass is 16.5. The van der Waals surface area contributed by atoms with E-state index in [4.69, 9.17) is 4.74 Å². The lowest BCUT2D eigenvalue weighted by atomic mass is 9.86. The van der Waals surface area contributed by atoms with Gasteiger partial charge in [0.2, 0.25) is 5.91 Å². The molecule has 7 heteroatoms. The number of likely N-dealkylation sites (tertiary alicyclic amines) is 1. The lowest BCUT2D eigenvalue weighted by Gasteiger charge is -2.39. The van der Waals surface area contributed by atoms with Crippen molar-refractivity contribution in [2.45, 2.75) is 71.4 Å². The summed E-state index contributed by atoms with van der Waals surface area (Å²) in [5.74, 6) is 1.41. The lowest BCUT2D eigenvalue weighted by molar-refractivity contribution is -0.115. The van der Waals surface area contributed by atoms with E-state index in [9.17, 15) is 9.59 Å². The van der Waals surface area contributed by atoms with Crippen LogP contribution in [0.4, 0.5) is 10.5 Å². The fraction of sp³-hybridized carbons (Fsp3) is 0.548. The number of nitrogens with one attached hydrogen (secondary N) is 2. The Morgan fingerprint density at radius 3 is 2.45 bits per heavy atom. The molecule has 38 heavy (non-hydrogen) atoms. The maximum atomic E-state index is 12.7. The summed E-state index contributed by atoms with van der Waals surface area (Å²) in [5.41, 5.74) is 4.58. The summed E-state index contributed by atoms with van der Waals surface area (Å²) in [7, 11) is 1.64. The number of hydrogen-bond acceptors (Lipinski definition) is 4. The highest BCUT2D eigenvalue weighted by molar-refractivity contribution is 5.92. The molecule has 0 saturated carbocycles. The Morgan fingerprint density at radius 1 is 1.05 bits per heavy atom. The van der Waals surface area contributed by atoms with Crippen LogP contribution in [0.3, 0.4) is 0 Å². The van der Waals surface area contributed by atoms with Crippen LogP contribution in [0.5, 0.6) is 5.75 Å². The molecule has 2 aromatic carbocycles. The van der Waals surface area contributed by atoms with Gasteiger partial charge in [0.25, 0.3) is 0 Å². The van der Waals surface area contributed by atoms with Crippen molar-refractivity contribution < 1.29 is 14.3 Å². The zero-order chi connectivity index (χ0) is 27.1. The van der Waals surface area contributed by atoms with Crippen molar-refractivity contribution in [1.29, 1.82) is 0 Å². The number of methoxy groups -OCH3 is 1. The number of carbonyl (C=O) groups excluding carboxylic acids is 2. The number of amides is 3. The third-order valence-corrected chi connectivity index (χ3v) is 7.95. The van der Waals surface area contributed by atoms with Crippen molar-refractivity contribution in [3.8, 4) is 5.75 Å². The molecule has 0 bridgehead atoms. The van der Waals surface area contributed by atoms with Crippen LogP contribution in [0, 0.1) is 5.92 Å². The topological polar surface area (TPSA) is 73.9 Å². The maximum absolute atomic E-state index is 12.7. The Kier molecular flexibility index (Phi) is 9.67. The van der Waals surface area contributed by atoms with E-state index < -0.39 is 0 Å². The fourth-order valence-electron chi connectivity index (χ4n) is 5.79. The van der Waals surface area contributed by atoms with Crippen molar-refractivity contribution in [2.75, 3.05) is 38.6 Å². The molecule has 0 spiro atoms. The zero-order valence-corrected chi connectivity index (χ0v) is 23.5. The summed E-state index contributed by atoms with van der Waals surface area (Å²) < 4.78 is 5.20. The van der Waals surface area contributed by atoms with Gasteiger partial charge in [0, 0.05) is 37.4 Å². The summed E-state index contributed by atoms with van der Waals surface area (Å²) in [6.07, 6.45) is 5.72. The molecular weight excluding hydrogens is 476 g/mol. The summed E-state index contributed by atoms with van der Waals surface area (Å²) in [6.45, 7) is 10.1. The van der Waals surface area contributed by atoms with Gasteiger partial charge in [-0.15, -0.1) is 0 Å². The van der Waals surface area contributed by atoms with E-state index in [1.54, 1.807) is 7.11 Å². The minimum atomic E-state index is -0.00826. The van der Waals surface area contributed by atoms with Crippen LogP contribution in [0.1, 0.15) is 56.7 Å². The Hall–Kier alpha value is -3.06. The average molecular weight is 521 g/mol. The van der Waals surface area contributed by atoms with Gasteiger partial charge in [-0.2, -0.15) is 0 Å². The molecule has 3 amide bonds. The van der Waals surface area contributed by atoms with Gasteiger partial charge in [-0.3, -0.25) is 4.79 Å². The highest BCUT2D eigenvalue weighted by Crippen LogP contribution is 2.29. The molecule has 0 radical (unpaired) electrons. The van der Waals surface area contributed by atoms with Gasteiger partial charge < -0.3 is 25.2 Å². The monoisotopic (exact) mass is 520 g/mol. The first-order chi connectivity index (χ1) is 18.3. The van der Waals surface area contributed by atoms with E-state index >= 15 is 0 Å². The van der Waals surface area contributed by atoms with E-state index in [0.29, 0.717) is 18.4 Å². The average Bonchev–Trinajstić information content (AvgIpc) is 2.91. The minimum Gasteiger partial charge on any atom is -0.497 e. The largest absolute Gasteiger partial charge is 0.497 e. The highest BCUT2D eigenvalue weighted by Gasteiger charge is 2.28. The van der Waals surface area contributed by atoms with E-state index in [-0.39, 0.29) is 18.0 Å². The van der Waals surface area contributed by atoms with Crippen LogP contribution in [-0.4, -0.2) is 67.1 Å². The second-order valence-electron chi connectivity index (χ2n) is 11.1. The first-order valence-electron chi connectivity index (χ1n) is 14.2.